The Balaban J connectivity index is 3.98. The van der Waals surface area contributed by atoms with Crippen LogP contribution in [0.3, 0.4) is 0 Å². The summed E-state index contributed by atoms with van der Waals surface area (Å²) < 4.78 is 5.37. The minimum atomic E-state index is -0.732. The molecule has 0 saturated carbocycles. The summed E-state index contributed by atoms with van der Waals surface area (Å²) in [6.07, 6.45) is 3.54. The molecule has 0 aliphatic rings. The van der Waals surface area contributed by atoms with Crippen molar-refractivity contribution in [2.75, 3.05) is 13.1 Å². The van der Waals surface area contributed by atoms with E-state index in [9.17, 15) is 9.59 Å². The first-order valence-electron chi connectivity index (χ1n) is 7.85. The first-order chi connectivity index (χ1) is 9.65. The smallest absolute Gasteiger partial charge is 0.410 e. The van der Waals surface area contributed by atoms with E-state index in [1.807, 2.05) is 27.7 Å². The average molecular weight is 301 g/mol. The molecule has 0 bridgehead atoms. The van der Waals surface area contributed by atoms with Gasteiger partial charge in [0.1, 0.15) is 5.60 Å². The summed E-state index contributed by atoms with van der Waals surface area (Å²) in [4.78, 5) is 24.1. The first-order valence-corrected chi connectivity index (χ1v) is 7.85. The molecule has 0 heterocycles. The third kappa shape index (κ3) is 11.1. The number of nitrogens with zero attached hydrogens (tertiary/aromatic N) is 1. The molecule has 0 aromatic rings. The quantitative estimate of drug-likeness (QED) is 0.656. The van der Waals surface area contributed by atoms with Crippen LogP contribution in [-0.4, -0.2) is 40.8 Å². The van der Waals surface area contributed by atoms with E-state index in [1.165, 1.54) is 0 Å². The van der Waals surface area contributed by atoms with Gasteiger partial charge in [0.15, 0.2) is 0 Å². The number of carboxylic acid groups (broad SMARTS) is 1. The molecule has 1 amide bonds. The number of hydrogen-bond donors (Lipinski definition) is 1. The number of ether oxygens (including phenoxy) is 1. The van der Waals surface area contributed by atoms with Crippen LogP contribution < -0.4 is 0 Å². The first kappa shape index (κ1) is 19.7. The van der Waals surface area contributed by atoms with Gasteiger partial charge in [0.05, 0.1) is 0 Å². The number of amides is 1. The molecule has 124 valence electrons. The van der Waals surface area contributed by atoms with Gasteiger partial charge in [-0.3, -0.25) is 4.79 Å². The molecular formula is C16H31NO4. The van der Waals surface area contributed by atoms with Crippen molar-refractivity contribution in [3.63, 3.8) is 0 Å². The molecule has 0 rings (SSSR count). The fourth-order valence-electron chi connectivity index (χ4n) is 1.99. The third-order valence-corrected chi connectivity index (χ3v) is 3.26. The molecule has 0 aliphatic heterocycles. The Morgan fingerprint density at radius 1 is 1.19 bits per heavy atom. The number of hydrogen-bond acceptors (Lipinski definition) is 3. The summed E-state index contributed by atoms with van der Waals surface area (Å²) in [6.45, 7) is 11.0. The molecule has 5 nitrogen and oxygen atoms in total. The van der Waals surface area contributed by atoms with E-state index in [0.717, 1.165) is 25.7 Å². The van der Waals surface area contributed by atoms with Gasteiger partial charge in [-0.2, -0.15) is 0 Å². The van der Waals surface area contributed by atoms with E-state index in [-0.39, 0.29) is 12.5 Å². The summed E-state index contributed by atoms with van der Waals surface area (Å²) >= 11 is 0. The van der Waals surface area contributed by atoms with Crippen LogP contribution in [0.25, 0.3) is 0 Å². The highest BCUT2D eigenvalue weighted by molar-refractivity contribution is 5.68. The van der Waals surface area contributed by atoms with E-state index < -0.39 is 11.6 Å². The van der Waals surface area contributed by atoms with E-state index >= 15 is 0 Å². The van der Waals surface area contributed by atoms with Crippen molar-refractivity contribution in [3.05, 3.63) is 0 Å². The molecule has 0 radical (unpaired) electrons. The Bertz CT molecular complexity index is 323. The largest absolute Gasteiger partial charge is 0.481 e. The molecule has 0 fully saturated rings. The lowest BCUT2D eigenvalue weighted by Crippen LogP contribution is -2.37. The van der Waals surface area contributed by atoms with Crippen molar-refractivity contribution in [2.45, 2.75) is 72.3 Å². The second-order valence-corrected chi connectivity index (χ2v) is 6.59. The molecule has 0 aromatic heterocycles. The standard InChI is InChI=1S/C16H31NO4/c1-6-17(15(20)21-16(3,4)5)12-11-13(2)9-7-8-10-14(18)19/h13H,6-12H2,1-5H3,(H,18,19). The number of rotatable bonds is 9. The number of carbonyl (C=O) groups excluding carboxylic acids is 1. The Morgan fingerprint density at radius 3 is 2.29 bits per heavy atom. The van der Waals surface area contributed by atoms with Crippen LogP contribution in [0, 0.1) is 5.92 Å². The molecular weight excluding hydrogens is 270 g/mol. The summed E-state index contributed by atoms with van der Waals surface area (Å²) in [7, 11) is 0. The van der Waals surface area contributed by atoms with Crippen molar-refractivity contribution in [1.82, 2.24) is 4.90 Å². The van der Waals surface area contributed by atoms with Crippen LogP contribution in [0.5, 0.6) is 0 Å². The van der Waals surface area contributed by atoms with Crippen molar-refractivity contribution >= 4 is 12.1 Å². The van der Waals surface area contributed by atoms with Crippen LogP contribution >= 0.6 is 0 Å². The molecule has 0 aliphatic carbocycles. The van der Waals surface area contributed by atoms with E-state index in [1.54, 1.807) is 4.90 Å². The van der Waals surface area contributed by atoms with E-state index in [2.05, 4.69) is 6.92 Å². The minimum Gasteiger partial charge on any atom is -0.481 e. The van der Waals surface area contributed by atoms with Crippen LogP contribution in [-0.2, 0) is 9.53 Å². The SMILES string of the molecule is CCN(CCC(C)CCCCC(=O)O)C(=O)OC(C)(C)C. The van der Waals surface area contributed by atoms with Crippen LogP contribution in [0.1, 0.15) is 66.7 Å². The fraction of sp³-hybridized carbons (Fsp3) is 0.875. The van der Waals surface area contributed by atoms with Crippen LogP contribution in [0.2, 0.25) is 0 Å². The Kier molecular flexibility index (Phi) is 9.06. The van der Waals surface area contributed by atoms with Gasteiger partial charge in [0.2, 0.25) is 0 Å². The van der Waals surface area contributed by atoms with Gasteiger partial charge >= 0.3 is 12.1 Å². The van der Waals surface area contributed by atoms with Gasteiger partial charge in [-0.05, 0) is 46.5 Å². The Morgan fingerprint density at radius 2 is 1.81 bits per heavy atom. The highest BCUT2D eigenvalue weighted by atomic mass is 16.6. The Hall–Kier alpha value is -1.26. The minimum absolute atomic E-state index is 0.242. The summed E-state index contributed by atoms with van der Waals surface area (Å²) in [5.41, 5.74) is -0.465. The predicted octanol–water partition coefficient (Wildman–Crippen LogP) is 3.91. The maximum absolute atomic E-state index is 12.0. The normalized spacial score (nSPS) is 12.8. The van der Waals surface area contributed by atoms with Crippen LogP contribution in [0.4, 0.5) is 4.79 Å². The third-order valence-electron chi connectivity index (χ3n) is 3.26. The molecule has 0 aromatic carbocycles. The lowest BCUT2D eigenvalue weighted by molar-refractivity contribution is -0.137. The van der Waals surface area contributed by atoms with Gasteiger partial charge < -0.3 is 14.7 Å². The fourth-order valence-corrected chi connectivity index (χ4v) is 1.99. The van der Waals surface area contributed by atoms with Gasteiger partial charge in [-0.15, -0.1) is 0 Å². The maximum atomic E-state index is 12.0. The lowest BCUT2D eigenvalue weighted by atomic mass is 9.99. The second kappa shape index (κ2) is 9.64. The molecule has 1 unspecified atom stereocenters. The zero-order valence-electron chi connectivity index (χ0n) is 14.1. The highest BCUT2D eigenvalue weighted by Gasteiger charge is 2.21. The topological polar surface area (TPSA) is 66.8 Å². The highest BCUT2D eigenvalue weighted by Crippen LogP contribution is 2.15. The van der Waals surface area contributed by atoms with Gasteiger partial charge in [0, 0.05) is 19.5 Å². The molecule has 0 spiro atoms. The number of carbonyl (C=O) groups is 2. The van der Waals surface area contributed by atoms with Gasteiger partial charge in [-0.1, -0.05) is 19.8 Å². The molecule has 0 saturated heterocycles. The number of aliphatic carboxylic acids is 1. The second-order valence-electron chi connectivity index (χ2n) is 6.59. The van der Waals surface area contributed by atoms with Gasteiger partial charge in [0.25, 0.3) is 0 Å². The maximum Gasteiger partial charge on any atom is 0.410 e. The average Bonchev–Trinajstić information content (AvgIpc) is 2.33. The van der Waals surface area contributed by atoms with Gasteiger partial charge in [-0.25, -0.2) is 4.79 Å². The summed E-state index contributed by atoms with van der Waals surface area (Å²) in [5.74, 6) is -0.250. The Labute approximate surface area is 128 Å². The summed E-state index contributed by atoms with van der Waals surface area (Å²) in [6, 6.07) is 0. The molecule has 5 heteroatoms. The van der Waals surface area contributed by atoms with E-state index in [4.69, 9.17) is 9.84 Å². The molecule has 1 atom stereocenters. The molecule has 1 N–H and O–H groups in total. The van der Waals surface area contributed by atoms with Crippen molar-refractivity contribution < 1.29 is 19.4 Å². The van der Waals surface area contributed by atoms with Crippen molar-refractivity contribution in [2.24, 2.45) is 5.92 Å². The lowest BCUT2D eigenvalue weighted by Gasteiger charge is -2.27. The predicted molar refractivity (Wildman–Crippen MR) is 83.4 cm³/mol. The number of carboxylic acids is 1. The number of unbranched alkanes of at least 4 members (excludes halogenated alkanes) is 1. The van der Waals surface area contributed by atoms with Crippen molar-refractivity contribution in [3.8, 4) is 0 Å². The monoisotopic (exact) mass is 301 g/mol. The van der Waals surface area contributed by atoms with Crippen molar-refractivity contribution in [1.29, 1.82) is 0 Å². The summed E-state index contributed by atoms with van der Waals surface area (Å²) in [5, 5.41) is 8.58. The molecule has 21 heavy (non-hydrogen) atoms. The zero-order valence-corrected chi connectivity index (χ0v) is 14.1. The van der Waals surface area contributed by atoms with E-state index in [0.29, 0.717) is 19.0 Å². The zero-order chi connectivity index (χ0) is 16.5. The van der Waals surface area contributed by atoms with Crippen LogP contribution in [0.15, 0.2) is 0 Å².